The number of ketones is 1. The average Bonchev–Trinajstić information content (AvgIpc) is 2.20. The number of benzene rings is 1. The van der Waals surface area contributed by atoms with Crippen LogP contribution in [-0.2, 0) is 4.79 Å². The van der Waals surface area contributed by atoms with Gasteiger partial charge in [0.2, 0.25) is 6.41 Å². The molecular formula is C9H8ClNO3. The van der Waals surface area contributed by atoms with Crippen LogP contribution in [0.3, 0.4) is 0 Å². The lowest BCUT2D eigenvalue weighted by Crippen LogP contribution is -2.02. The van der Waals surface area contributed by atoms with Gasteiger partial charge in [-0.15, -0.1) is 11.6 Å². The summed E-state index contributed by atoms with van der Waals surface area (Å²) in [5.74, 6) is -0.746. The number of aromatic hydroxyl groups is 1. The lowest BCUT2D eigenvalue weighted by atomic mass is 10.1. The zero-order valence-electron chi connectivity index (χ0n) is 7.16. The van der Waals surface area contributed by atoms with E-state index in [0.717, 1.165) is 0 Å². The fourth-order valence-corrected chi connectivity index (χ4v) is 1.13. The number of hydrogen-bond donors (Lipinski definition) is 2. The van der Waals surface area contributed by atoms with Crippen molar-refractivity contribution in [3.63, 3.8) is 0 Å². The summed E-state index contributed by atoms with van der Waals surface area (Å²) in [5, 5.41) is 11.7. The highest BCUT2D eigenvalue weighted by Gasteiger charge is 2.10. The molecule has 0 atom stereocenters. The summed E-state index contributed by atoms with van der Waals surface area (Å²) in [4.78, 5) is 21.3. The Morgan fingerprint density at radius 3 is 2.86 bits per heavy atom. The molecule has 1 amide bonds. The summed E-state index contributed by atoms with van der Waals surface area (Å²) in [6.07, 6.45) is 0.487. The van der Waals surface area contributed by atoms with Crippen LogP contribution in [0.1, 0.15) is 10.4 Å². The van der Waals surface area contributed by atoms with Crippen molar-refractivity contribution in [3.05, 3.63) is 23.8 Å². The molecule has 0 bridgehead atoms. The Morgan fingerprint density at radius 1 is 1.57 bits per heavy atom. The summed E-state index contributed by atoms with van der Waals surface area (Å²) in [7, 11) is 0. The van der Waals surface area contributed by atoms with Crippen LogP contribution in [0.25, 0.3) is 0 Å². The molecule has 1 rings (SSSR count). The lowest BCUT2D eigenvalue weighted by Gasteiger charge is -2.04. The Hall–Kier alpha value is -1.55. The van der Waals surface area contributed by atoms with E-state index in [4.69, 9.17) is 11.6 Å². The largest absolute Gasteiger partial charge is 0.507 e. The van der Waals surface area contributed by atoms with E-state index in [2.05, 4.69) is 5.32 Å². The smallest absolute Gasteiger partial charge is 0.211 e. The maximum absolute atomic E-state index is 11.2. The van der Waals surface area contributed by atoms with E-state index in [0.29, 0.717) is 12.1 Å². The molecule has 0 fully saturated rings. The van der Waals surface area contributed by atoms with Crippen LogP contribution >= 0.6 is 11.6 Å². The average molecular weight is 214 g/mol. The van der Waals surface area contributed by atoms with Gasteiger partial charge in [-0.2, -0.15) is 0 Å². The van der Waals surface area contributed by atoms with E-state index in [-0.39, 0.29) is 17.2 Å². The summed E-state index contributed by atoms with van der Waals surface area (Å²) >= 11 is 5.34. The molecule has 0 spiro atoms. The van der Waals surface area contributed by atoms with Crippen molar-refractivity contribution in [2.24, 2.45) is 0 Å². The standard InChI is InChI=1S/C9H8ClNO3/c10-4-9(14)7-3-6(11-5-12)1-2-8(7)13/h1-3,5,13H,4H2,(H,11,12). The molecule has 0 aromatic heterocycles. The number of rotatable bonds is 4. The first-order valence-electron chi connectivity index (χ1n) is 3.81. The van der Waals surface area contributed by atoms with Crippen molar-refractivity contribution >= 4 is 29.5 Å². The Bertz CT molecular complexity index is 365. The number of nitrogens with one attached hydrogen (secondary N) is 1. The number of anilines is 1. The van der Waals surface area contributed by atoms with Gasteiger partial charge in [0.1, 0.15) is 5.75 Å². The number of amides is 1. The quantitative estimate of drug-likeness (QED) is 0.344. The van der Waals surface area contributed by atoms with Crippen molar-refractivity contribution in [1.82, 2.24) is 0 Å². The first kappa shape index (κ1) is 10.5. The van der Waals surface area contributed by atoms with Gasteiger partial charge < -0.3 is 10.4 Å². The summed E-state index contributed by atoms with van der Waals surface area (Å²) in [6, 6.07) is 4.18. The highest BCUT2D eigenvalue weighted by atomic mass is 35.5. The molecule has 0 aliphatic rings. The molecule has 5 heteroatoms. The molecular weight excluding hydrogens is 206 g/mol. The number of carbonyl (C=O) groups is 2. The molecule has 2 N–H and O–H groups in total. The molecule has 0 aliphatic carbocycles. The monoisotopic (exact) mass is 213 g/mol. The molecule has 1 aromatic rings. The van der Waals surface area contributed by atoms with Crippen LogP contribution in [0.4, 0.5) is 5.69 Å². The Kier molecular flexibility index (Phi) is 3.48. The maximum Gasteiger partial charge on any atom is 0.211 e. The van der Waals surface area contributed by atoms with Crippen molar-refractivity contribution in [2.45, 2.75) is 0 Å². The molecule has 0 saturated heterocycles. The third-order valence-corrected chi connectivity index (χ3v) is 1.89. The van der Waals surface area contributed by atoms with E-state index in [1.54, 1.807) is 0 Å². The molecule has 74 valence electrons. The predicted octanol–water partition coefficient (Wildman–Crippen LogP) is 1.38. The van der Waals surface area contributed by atoms with Gasteiger partial charge in [0, 0.05) is 5.69 Å². The first-order chi connectivity index (χ1) is 6.69. The van der Waals surface area contributed by atoms with Gasteiger partial charge in [-0.1, -0.05) is 0 Å². The first-order valence-corrected chi connectivity index (χ1v) is 4.35. The van der Waals surface area contributed by atoms with E-state index in [1.165, 1.54) is 18.2 Å². The fourth-order valence-electron chi connectivity index (χ4n) is 0.989. The number of alkyl halides is 1. The van der Waals surface area contributed by atoms with Gasteiger partial charge in [-0.25, -0.2) is 0 Å². The van der Waals surface area contributed by atoms with Crippen LogP contribution in [-0.4, -0.2) is 23.2 Å². The summed E-state index contributed by atoms with van der Waals surface area (Å²) < 4.78 is 0. The van der Waals surface area contributed by atoms with Gasteiger partial charge in [0.15, 0.2) is 5.78 Å². The topological polar surface area (TPSA) is 66.4 Å². The number of halogens is 1. The second-order valence-electron chi connectivity index (χ2n) is 2.55. The Morgan fingerprint density at radius 2 is 2.29 bits per heavy atom. The van der Waals surface area contributed by atoms with Crippen LogP contribution in [0.2, 0.25) is 0 Å². The van der Waals surface area contributed by atoms with Gasteiger partial charge in [-0.3, -0.25) is 9.59 Å². The second kappa shape index (κ2) is 4.62. The zero-order chi connectivity index (χ0) is 10.6. The van der Waals surface area contributed by atoms with Crippen LogP contribution < -0.4 is 5.32 Å². The van der Waals surface area contributed by atoms with Gasteiger partial charge >= 0.3 is 0 Å². The van der Waals surface area contributed by atoms with Crippen LogP contribution in [0.15, 0.2) is 18.2 Å². The van der Waals surface area contributed by atoms with Gasteiger partial charge in [0.05, 0.1) is 11.4 Å². The lowest BCUT2D eigenvalue weighted by molar-refractivity contribution is -0.105. The van der Waals surface area contributed by atoms with E-state index >= 15 is 0 Å². The van der Waals surface area contributed by atoms with Crippen molar-refractivity contribution in [1.29, 1.82) is 0 Å². The molecule has 0 aliphatic heterocycles. The number of phenols is 1. The van der Waals surface area contributed by atoms with Crippen molar-refractivity contribution in [3.8, 4) is 5.75 Å². The highest BCUT2D eigenvalue weighted by molar-refractivity contribution is 6.30. The zero-order valence-corrected chi connectivity index (χ0v) is 7.91. The molecule has 1 aromatic carbocycles. The molecule has 0 saturated carbocycles. The van der Waals surface area contributed by atoms with E-state index in [9.17, 15) is 14.7 Å². The molecule has 0 heterocycles. The van der Waals surface area contributed by atoms with Crippen LogP contribution in [0.5, 0.6) is 5.75 Å². The Balaban J connectivity index is 3.07. The minimum absolute atomic E-state index is 0.104. The number of Topliss-reactive ketones (excluding diaryl/α,β-unsaturated/α-hetero) is 1. The third-order valence-electron chi connectivity index (χ3n) is 1.64. The maximum atomic E-state index is 11.2. The second-order valence-corrected chi connectivity index (χ2v) is 2.82. The number of phenolic OH excluding ortho intramolecular Hbond substituents is 1. The number of carbonyl (C=O) groups excluding carboxylic acids is 2. The predicted molar refractivity (Wildman–Crippen MR) is 52.8 cm³/mol. The minimum Gasteiger partial charge on any atom is -0.507 e. The van der Waals surface area contributed by atoms with Gasteiger partial charge in [-0.05, 0) is 18.2 Å². The molecule has 14 heavy (non-hydrogen) atoms. The number of hydrogen-bond acceptors (Lipinski definition) is 3. The normalized spacial score (nSPS) is 9.50. The molecule has 4 nitrogen and oxygen atoms in total. The van der Waals surface area contributed by atoms with E-state index in [1.807, 2.05) is 0 Å². The Labute approximate surface area is 85.5 Å². The third kappa shape index (κ3) is 2.23. The van der Waals surface area contributed by atoms with Gasteiger partial charge in [0.25, 0.3) is 0 Å². The molecule has 0 unspecified atom stereocenters. The van der Waals surface area contributed by atoms with Crippen molar-refractivity contribution in [2.75, 3.05) is 11.2 Å². The van der Waals surface area contributed by atoms with E-state index < -0.39 is 5.78 Å². The molecule has 0 radical (unpaired) electrons. The summed E-state index contributed by atoms with van der Waals surface area (Å²) in [6.45, 7) is 0. The minimum atomic E-state index is -0.390. The SMILES string of the molecule is O=CNc1ccc(O)c(C(=O)CCl)c1. The summed E-state index contributed by atoms with van der Waals surface area (Å²) in [5.41, 5.74) is 0.540. The van der Waals surface area contributed by atoms with Crippen molar-refractivity contribution < 1.29 is 14.7 Å². The van der Waals surface area contributed by atoms with Crippen LogP contribution in [0, 0.1) is 0 Å². The fraction of sp³-hybridized carbons (Fsp3) is 0.111. The highest BCUT2D eigenvalue weighted by Crippen LogP contribution is 2.21.